The molecule has 0 spiro atoms. The Balaban J connectivity index is 0. The summed E-state index contributed by atoms with van der Waals surface area (Å²) in [5, 5.41) is 9.00. The lowest BCUT2D eigenvalue weighted by Crippen LogP contribution is -2.30. The predicted octanol–water partition coefficient (Wildman–Crippen LogP) is 1.95. The molecule has 0 atom stereocenters. The highest BCUT2D eigenvalue weighted by Crippen LogP contribution is 2.10. The van der Waals surface area contributed by atoms with Crippen LogP contribution in [0.15, 0.2) is 5.38 Å². The van der Waals surface area contributed by atoms with Gasteiger partial charge in [0.15, 0.2) is 0 Å². The molecule has 1 aromatic heterocycles. The number of thiazole rings is 1. The van der Waals surface area contributed by atoms with E-state index in [1.807, 2.05) is 14.0 Å². The minimum Gasteiger partial charge on any atom is -0.355 e. The second-order valence-electron chi connectivity index (χ2n) is 3.66. The molecule has 1 amide bonds. The quantitative estimate of drug-likeness (QED) is 0.757. The molecule has 0 aliphatic carbocycles. The van der Waals surface area contributed by atoms with Crippen molar-refractivity contribution >= 4 is 42.1 Å². The Labute approximate surface area is 125 Å². The molecule has 1 rings (SSSR count). The number of amides is 1. The molecule has 0 unspecified atom stereocenters. The molecule has 1 heterocycles. The highest BCUT2D eigenvalue weighted by atomic mass is 35.5. The first-order chi connectivity index (χ1) is 7.72. The third kappa shape index (κ3) is 8.69. The van der Waals surface area contributed by atoms with Crippen LogP contribution < -0.4 is 10.6 Å². The molecule has 0 fully saturated rings. The van der Waals surface area contributed by atoms with Crippen LogP contribution in [0.1, 0.15) is 23.5 Å². The maximum absolute atomic E-state index is 11.4. The lowest BCUT2D eigenvalue weighted by atomic mass is 10.2. The molecule has 4 nitrogen and oxygen atoms in total. The Hall–Kier alpha value is -0.360. The maximum atomic E-state index is 11.4. The normalized spacial score (nSPS) is 9.22. The number of carbonyl (C=O) groups excluding carboxylic acids is 1. The van der Waals surface area contributed by atoms with E-state index >= 15 is 0 Å². The minimum atomic E-state index is 0. The van der Waals surface area contributed by atoms with E-state index in [2.05, 4.69) is 21.0 Å². The topological polar surface area (TPSA) is 54.0 Å². The molecule has 106 valence electrons. The highest BCUT2D eigenvalue weighted by Gasteiger charge is 2.02. The number of likely N-dealkylation sites (N-methyl/N-ethyl adjacent to an activating group) is 1. The highest BCUT2D eigenvalue weighted by molar-refractivity contribution is 7.09. The molecule has 0 radical (unpaired) electrons. The Morgan fingerprint density at radius 1 is 1.39 bits per heavy atom. The summed E-state index contributed by atoms with van der Waals surface area (Å²) in [5.74, 6) is 0.127. The molecule has 2 N–H and O–H groups in total. The van der Waals surface area contributed by atoms with Crippen molar-refractivity contribution in [1.82, 2.24) is 15.6 Å². The number of rotatable bonds is 7. The van der Waals surface area contributed by atoms with E-state index < -0.39 is 0 Å². The predicted molar refractivity (Wildman–Crippen MR) is 81.2 cm³/mol. The SMILES string of the molecule is CNCCNC(=O)CCCc1csc(C)n1.Cl.Cl. The van der Waals surface area contributed by atoms with Crippen LogP contribution in [0.5, 0.6) is 0 Å². The zero-order valence-corrected chi connectivity index (χ0v) is 13.1. The lowest BCUT2D eigenvalue weighted by molar-refractivity contribution is -0.121. The van der Waals surface area contributed by atoms with Gasteiger partial charge in [-0.15, -0.1) is 36.2 Å². The molecule has 0 bridgehead atoms. The first-order valence-corrected chi connectivity index (χ1v) is 6.42. The van der Waals surface area contributed by atoms with Crippen molar-refractivity contribution in [3.8, 4) is 0 Å². The van der Waals surface area contributed by atoms with Crippen molar-refractivity contribution in [2.75, 3.05) is 20.1 Å². The van der Waals surface area contributed by atoms with Crippen molar-refractivity contribution in [2.45, 2.75) is 26.2 Å². The third-order valence-electron chi connectivity index (χ3n) is 2.20. The van der Waals surface area contributed by atoms with Crippen LogP contribution in [0.25, 0.3) is 0 Å². The van der Waals surface area contributed by atoms with Crippen LogP contribution in [0, 0.1) is 6.92 Å². The van der Waals surface area contributed by atoms with Crippen molar-refractivity contribution in [3.05, 3.63) is 16.1 Å². The second-order valence-corrected chi connectivity index (χ2v) is 4.73. The number of nitrogens with one attached hydrogen (secondary N) is 2. The second kappa shape index (κ2) is 11.7. The molecular weight excluding hydrogens is 293 g/mol. The van der Waals surface area contributed by atoms with Gasteiger partial charge in [0, 0.05) is 24.9 Å². The number of aryl methyl sites for hydroxylation is 2. The van der Waals surface area contributed by atoms with Gasteiger partial charge in [-0.1, -0.05) is 0 Å². The fourth-order valence-electron chi connectivity index (χ4n) is 1.37. The Morgan fingerprint density at radius 3 is 2.67 bits per heavy atom. The van der Waals surface area contributed by atoms with Gasteiger partial charge in [0.05, 0.1) is 10.7 Å². The summed E-state index contributed by atoms with van der Waals surface area (Å²) in [5.41, 5.74) is 1.10. The molecule has 18 heavy (non-hydrogen) atoms. The summed E-state index contributed by atoms with van der Waals surface area (Å²) in [7, 11) is 1.87. The van der Waals surface area contributed by atoms with E-state index in [1.165, 1.54) is 0 Å². The van der Waals surface area contributed by atoms with Crippen molar-refractivity contribution in [2.24, 2.45) is 0 Å². The van der Waals surface area contributed by atoms with Crippen LogP contribution in [-0.2, 0) is 11.2 Å². The van der Waals surface area contributed by atoms with Crippen molar-refractivity contribution in [1.29, 1.82) is 0 Å². The first-order valence-electron chi connectivity index (χ1n) is 5.54. The first kappa shape index (κ1) is 20.0. The van der Waals surface area contributed by atoms with Gasteiger partial charge in [-0.3, -0.25) is 4.79 Å². The fraction of sp³-hybridized carbons (Fsp3) is 0.636. The van der Waals surface area contributed by atoms with E-state index in [-0.39, 0.29) is 30.7 Å². The Morgan fingerprint density at radius 2 is 2.11 bits per heavy atom. The maximum Gasteiger partial charge on any atom is 0.220 e. The summed E-state index contributed by atoms with van der Waals surface area (Å²) in [6.45, 7) is 3.51. The van der Waals surface area contributed by atoms with Gasteiger partial charge in [0.2, 0.25) is 5.91 Å². The minimum absolute atomic E-state index is 0. The summed E-state index contributed by atoms with van der Waals surface area (Å²) in [4.78, 5) is 15.7. The number of aromatic nitrogens is 1. The lowest BCUT2D eigenvalue weighted by Gasteiger charge is -2.03. The van der Waals surface area contributed by atoms with E-state index in [9.17, 15) is 4.79 Å². The zero-order chi connectivity index (χ0) is 11.8. The molecule has 7 heteroatoms. The molecule has 0 saturated heterocycles. The average Bonchev–Trinajstić information content (AvgIpc) is 2.65. The molecule has 0 aromatic carbocycles. The van der Waals surface area contributed by atoms with Gasteiger partial charge in [0.1, 0.15) is 0 Å². The average molecular weight is 314 g/mol. The standard InChI is InChI=1S/C11H19N3OS.2ClH/c1-9-14-10(8-16-9)4-3-5-11(15)13-7-6-12-2;;/h8,12H,3-7H2,1-2H3,(H,13,15);2*1H. The number of hydrogen-bond acceptors (Lipinski definition) is 4. The van der Waals surface area contributed by atoms with Crippen LogP contribution in [0.2, 0.25) is 0 Å². The molecular formula is C11H21Cl2N3OS. The van der Waals surface area contributed by atoms with Crippen molar-refractivity contribution < 1.29 is 4.79 Å². The van der Waals surface area contributed by atoms with Crippen LogP contribution in [-0.4, -0.2) is 31.0 Å². The summed E-state index contributed by atoms with van der Waals surface area (Å²) in [6, 6.07) is 0. The van der Waals surface area contributed by atoms with Gasteiger partial charge >= 0.3 is 0 Å². The smallest absolute Gasteiger partial charge is 0.220 e. The zero-order valence-electron chi connectivity index (χ0n) is 10.7. The Kier molecular flexibility index (Phi) is 13.0. The summed E-state index contributed by atoms with van der Waals surface area (Å²) in [6.07, 6.45) is 2.35. The fourth-order valence-corrected chi connectivity index (χ4v) is 2.02. The van der Waals surface area contributed by atoms with E-state index in [1.54, 1.807) is 11.3 Å². The molecule has 0 saturated carbocycles. The van der Waals surface area contributed by atoms with Gasteiger partial charge in [-0.25, -0.2) is 4.98 Å². The van der Waals surface area contributed by atoms with Crippen LogP contribution >= 0.6 is 36.2 Å². The summed E-state index contributed by atoms with van der Waals surface area (Å²) >= 11 is 1.66. The number of halogens is 2. The van der Waals surface area contributed by atoms with Gasteiger partial charge in [-0.2, -0.15) is 0 Å². The molecule has 0 aliphatic heterocycles. The van der Waals surface area contributed by atoms with Gasteiger partial charge in [0.25, 0.3) is 0 Å². The number of hydrogen-bond donors (Lipinski definition) is 2. The van der Waals surface area contributed by atoms with Gasteiger partial charge in [-0.05, 0) is 26.8 Å². The van der Waals surface area contributed by atoms with Gasteiger partial charge < -0.3 is 10.6 Å². The van der Waals surface area contributed by atoms with E-state index in [4.69, 9.17) is 0 Å². The van der Waals surface area contributed by atoms with Crippen molar-refractivity contribution in [3.63, 3.8) is 0 Å². The Bertz CT molecular complexity index is 334. The molecule has 1 aromatic rings. The third-order valence-corrected chi connectivity index (χ3v) is 3.02. The summed E-state index contributed by atoms with van der Waals surface area (Å²) < 4.78 is 0. The largest absolute Gasteiger partial charge is 0.355 e. The van der Waals surface area contributed by atoms with E-state index in [0.29, 0.717) is 13.0 Å². The number of carbonyl (C=O) groups is 1. The monoisotopic (exact) mass is 313 g/mol. The molecule has 0 aliphatic rings. The van der Waals surface area contributed by atoms with Crippen LogP contribution in [0.4, 0.5) is 0 Å². The number of nitrogens with zero attached hydrogens (tertiary/aromatic N) is 1. The van der Waals surface area contributed by atoms with Crippen LogP contribution in [0.3, 0.4) is 0 Å². The van der Waals surface area contributed by atoms with E-state index in [0.717, 1.165) is 30.1 Å².